The van der Waals surface area contributed by atoms with Crippen LogP contribution >= 0.6 is 0 Å². The first-order valence-corrected chi connectivity index (χ1v) is 8.41. The summed E-state index contributed by atoms with van der Waals surface area (Å²) in [6.07, 6.45) is 0. The molecule has 1 amide bonds. The van der Waals surface area contributed by atoms with E-state index in [-0.39, 0.29) is 11.5 Å². The largest absolute Gasteiger partial charge is 0.478 e. The number of fused-ring (bicyclic) bond motifs is 1. The zero-order chi connectivity index (χ0) is 18.8. The molecule has 3 rings (SSSR count). The van der Waals surface area contributed by atoms with E-state index in [1.807, 2.05) is 24.3 Å². The van der Waals surface area contributed by atoms with Crippen molar-refractivity contribution in [1.29, 1.82) is 0 Å². The third-order valence-corrected chi connectivity index (χ3v) is 4.23. The van der Waals surface area contributed by atoms with E-state index in [2.05, 4.69) is 24.1 Å². The number of amides is 1. The maximum Gasteiger partial charge on any atom is 0.336 e. The number of carbonyl (C=O) groups excluding carboxylic acids is 1. The van der Waals surface area contributed by atoms with Crippen LogP contribution in [0.5, 0.6) is 0 Å². The van der Waals surface area contributed by atoms with Crippen molar-refractivity contribution < 1.29 is 14.7 Å². The maximum absolute atomic E-state index is 11.7. The van der Waals surface area contributed by atoms with Crippen LogP contribution in [0, 0.1) is 0 Å². The molecule has 0 spiro atoms. The normalized spacial score (nSPS) is 10.9. The van der Waals surface area contributed by atoms with E-state index in [9.17, 15) is 14.7 Å². The Labute approximate surface area is 151 Å². The van der Waals surface area contributed by atoms with Gasteiger partial charge in [-0.05, 0) is 35.7 Å². The van der Waals surface area contributed by atoms with Crippen LogP contribution < -0.4 is 5.32 Å². The molecule has 0 unspecified atom stereocenters. The Kier molecular flexibility index (Phi) is 4.71. The van der Waals surface area contributed by atoms with Crippen molar-refractivity contribution in [3.63, 3.8) is 0 Å². The molecule has 5 heteroatoms. The Morgan fingerprint density at radius 1 is 1.04 bits per heavy atom. The number of hydrogen-bond donors (Lipinski definition) is 2. The van der Waals surface area contributed by atoms with Gasteiger partial charge in [0.2, 0.25) is 5.91 Å². The average Bonchev–Trinajstić information content (AvgIpc) is 2.60. The minimum atomic E-state index is -1.01. The lowest BCUT2D eigenvalue weighted by molar-refractivity contribution is -0.114. The van der Waals surface area contributed by atoms with Gasteiger partial charge in [-0.15, -0.1) is 0 Å². The molecule has 0 saturated carbocycles. The predicted octanol–water partition coefficient (Wildman–Crippen LogP) is 4.68. The third kappa shape index (κ3) is 3.57. The third-order valence-electron chi connectivity index (χ3n) is 4.23. The Morgan fingerprint density at radius 2 is 1.73 bits per heavy atom. The van der Waals surface area contributed by atoms with E-state index in [1.165, 1.54) is 12.5 Å². The summed E-state index contributed by atoms with van der Waals surface area (Å²) in [5, 5.41) is 12.8. The molecule has 26 heavy (non-hydrogen) atoms. The summed E-state index contributed by atoms with van der Waals surface area (Å²) in [4.78, 5) is 27.6. The lowest BCUT2D eigenvalue weighted by atomic mass is 9.99. The van der Waals surface area contributed by atoms with E-state index in [1.54, 1.807) is 24.3 Å². The van der Waals surface area contributed by atoms with Crippen LogP contribution in [0.1, 0.15) is 42.6 Å². The highest BCUT2D eigenvalue weighted by Gasteiger charge is 2.14. The van der Waals surface area contributed by atoms with Gasteiger partial charge in [-0.1, -0.05) is 38.1 Å². The summed E-state index contributed by atoms with van der Waals surface area (Å²) < 4.78 is 0. The molecule has 0 aliphatic heterocycles. The Morgan fingerprint density at radius 3 is 2.31 bits per heavy atom. The molecule has 1 aromatic heterocycles. The molecule has 0 atom stereocenters. The first kappa shape index (κ1) is 17.6. The van der Waals surface area contributed by atoms with Crippen molar-refractivity contribution in [3.05, 3.63) is 59.7 Å². The highest BCUT2D eigenvalue weighted by atomic mass is 16.4. The molecule has 3 aromatic rings. The Hall–Kier alpha value is -3.21. The lowest BCUT2D eigenvalue weighted by Crippen LogP contribution is -2.06. The first-order chi connectivity index (χ1) is 12.3. The molecule has 0 radical (unpaired) electrons. The quantitative estimate of drug-likeness (QED) is 0.717. The predicted molar refractivity (Wildman–Crippen MR) is 103 cm³/mol. The number of benzene rings is 2. The number of aromatic nitrogens is 1. The second kappa shape index (κ2) is 6.96. The van der Waals surface area contributed by atoms with E-state index < -0.39 is 5.97 Å². The number of hydrogen-bond acceptors (Lipinski definition) is 3. The minimum absolute atomic E-state index is 0.187. The number of rotatable bonds is 4. The highest BCUT2D eigenvalue weighted by molar-refractivity contribution is 6.05. The Balaban J connectivity index is 2.15. The van der Waals surface area contributed by atoms with Crippen LogP contribution in [-0.2, 0) is 4.79 Å². The van der Waals surface area contributed by atoms with E-state index in [0.717, 1.165) is 5.56 Å². The van der Waals surface area contributed by atoms with Crippen molar-refractivity contribution >= 4 is 28.5 Å². The molecule has 0 aliphatic rings. The average molecular weight is 348 g/mol. The van der Waals surface area contributed by atoms with Crippen LogP contribution in [0.2, 0.25) is 0 Å². The summed E-state index contributed by atoms with van der Waals surface area (Å²) in [6, 6.07) is 14.6. The molecular weight excluding hydrogens is 328 g/mol. The minimum Gasteiger partial charge on any atom is -0.478 e. The van der Waals surface area contributed by atoms with Crippen LogP contribution in [0.4, 0.5) is 5.69 Å². The second-order valence-electron chi connectivity index (χ2n) is 6.55. The summed E-state index contributed by atoms with van der Waals surface area (Å²) in [7, 11) is 0. The van der Waals surface area contributed by atoms with Crippen molar-refractivity contribution in [2.24, 2.45) is 0 Å². The summed E-state index contributed by atoms with van der Waals surface area (Å²) in [5.74, 6) is -0.781. The smallest absolute Gasteiger partial charge is 0.336 e. The molecule has 2 N–H and O–H groups in total. The van der Waals surface area contributed by atoms with Gasteiger partial charge < -0.3 is 10.4 Å². The van der Waals surface area contributed by atoms with Gasteiger partial charge >= 0.3 is 5.97 Å². The number of carboxylic acid groups (broad SMARTS) is 1. The van der Waals surface area contributed by atoms with Crippen molar-refractivity contribution in [1.82, 2.24) is 4.98 Å². The summed E-state index contributed by atoms with van der Waals surface area (Å²) >= 11 is 0. The molecule has 132 valence electrons. The van der Waals surface area contributed by atoms with Gasteiger partial charge in [0.1, 0.15) is 0 Å². The van der Waals surface area contributed by atoms with Gasteiger partial charge in [0.15, 0.2) is 0 Å². The summed E-state index contributed by atoms with van der Waals surface area (Å²) in [6.45, 7) is 5.66. The summed E-state index contributed by atoms with van der Waals surface area (Å²) in [5.41, 5.74) is 3.95. The fourth-order valence-corrected chi connectivity index (χ4v) is 2.87. The first-order valence-electron chi connectivity index (χ1n) is 8.41. The van der Waals surface area contributed by atoms with Gasteiger partial charge in [0.25, 0.3) is 0 Å². The van der Waals surface area contributed by atoms with E-state index in [0.29, 0.717) is 28.2 Å². The van der Waals surface area contributed by atoms with Gasteiger partial charge in [-0.2, -0.15) is 0 Å². The van der Waals surface area contributed by atoms with Crippen LogP contribution in [0.15, 0.2) is 48.5 Å². The van der Waals surface area contributed by atoms with E-state index in [4.69, 9.17) is 0 Å². The Bertz CT molecular complexity index is 992. The number of nitrogens with zero attached hydrogens (tertiary/aromatic N) is 1. The van der Waals surface area contributed by atoms with Crippen molar-refractivity contribution in [3.8, 4) is 11.3 Å². The van der Waals surface area contributed by atoms with Gasteiger partial charge in [0.05, 0.1) is 16.8 Å². The SMILES string of the molecule is CC(=O)Nc1ccc2c(C(=O)O)cc(-c3ccc(C(C)C)cc3)nc2c1. The number of carboxylic acids is 1. The number of aromatic carboxylic acids is 1. The van der Waals surface area contributed by atoms with Crippen molar-refractivity contribution in [2.75, 3.05) is 5.32 Å². The van der Waals surface area contributed by atoms with Crippen molar-refractivity contribution in [2.45, 2.75) is 26.7 Å². The van der Waals surface area contributed by atoms with Gasteiger partial charge in [-0.25, -0.2) is 9.78 Å². The molecule has 0 fully saturated rings. The number of nitrogens with one attached hydrogen (secondary N) is 1. The molecule has 2 aromatic carbocycles. The number of pyridine rings is 1. The number of carbonyl (C=O) groups is 2. The molecule has 0 aliphatic carbocycles. The fraction of sp³-hybridized carbons (Fsp3) is 0.190. The van der Waals surface area contributed by atoms with Crippen LogP contribution in [0.3, 0.4) is 0 Å². The zero-order valence-electron chi connectivity index (χ0n) is 14.9. The standard InChI is InChI=1S/C21H20N2O3/c1-12(2)14-4-6-15(7-5-14)19-11-18(21(25)26)17-9-8-16(22-13(3)24)10-20(17)23-19/h4-12H,1-3H3,(H,22,24)(H,25,26). The zero-order valence-corrected chi connectivity index (χ0v) is 14.9. The lowest BCUT2D eigenvalue weighted by Gasteiger charge is -2.10. The number of anilines is 1. The van der Waals surface area contributed by atoms with Gasteiger partial charge in [-0.3, -0.25) is 4.79 Å². The highest BCUT2D eigenvalue weighted by Crippen LogP contribution is 2.28. The topological polar surface area (TPSA) is 79.3 Å². The molecule has 0 bridgehead atoms. The van der Waals surface area contributed by atoms with Gasteiger partial charge in [0, 0.05) is 23.6 Å². The molecule has 0 saturated heterocycles. The van der Waals surface area contributed by atoms with Crippen LogP contribution in [0.25, 0.3) is 22.2 Å². The molecule has 5 nitrogen and oxygen atoms in total. The monoisotopic (exact) mass is 348 g/mol. The maximum atomic E-state index is 11.7. The van der Waals surface area contributed by atoms with Crippen LogP contribution in [-0.4, -0.2) is 22.0 Å². The van der Waals surface area contributed by atoms with E-state index >= 15 is 0 Å². The molecular formula is C21H20N2O3. The fourth-order valence-electron chi connectivity index (χ4n) is 2.87. The molecule has 1 heterocycles. The second-order valence-corrected chi connectivity index (χ2v) is 6.55.